The summed E-state index contributed by atoms with van der Waals surface area (Å²) in [5, 5.41) is 43.1. The topological polar surface area (TPSA) is 118 Å². The Morgan fingerprint density at radius 1 is 1.33 bits per heavy atom. The quantitative estimate of drug-likeness (QED) is 0.273. The minimum Gasteiger partial charge on any atom is -0.447 e. The van der Waals surface area contributed by atoms with Gasteiger partial charge in [-0.3, -0.25) is 0 Å². The van der Waals surface area contributed by atoms with E-state index in [0.29, 0.717) is 0 Å². The maximum absolute atomic E-state index is 10.5. The summed E-state index contributed by atoms with van der Waals surface area (Å²) in [5.41, 5.74) is -1.00. The second-order valence-corrected chi connectivity index (χ2v) is 2.31. The highest BCUT2D eigenvalue weighted by Crippen LogP contribution is 2.00. The Morgan fingerprint density at radius 3 is 2.17 bits per heavy atom. The van der Waals surface area contributed by atoms with Gasteiger partial charge in [0, 0.05) is 0 Å². The first kappa shape index (κ1) is 11.5. The lowest BCUT2D eigenvalue weighted by Crippen LogP contribution is -2.45. The van der Waals surface area contributed by atoms with Crippen molar-refractivity contribution in [2.45, 2.75) is 18.3 Å². The van der Waals surface area contributed by atoms with Crippen LogP contribution < -0.4 is 0 Å². The van der Waals surface area contributed by atoms with Gasteiger partial charge in [0.05, 0.1) is 6.61 Å². The van der Waals surface area contributed by atoms with Crippen molar-refractivity contribution in [2.24, 2.45) is 0 Å². The Kier molecular flexibility index (Phi) is 5.03. The monoisotopic (exact) mass is 178 g/mol. The third-order valence-electron chi connectivity index (χ3n) is 1.39. The average Bonchev–Trinajstić information content (AvgIpc) is 2.12. The van der Waals surface area contributed by atoms with Gasteiger partial charge in [-0.15, -0.1) is 0 Å². The van der Waals surface area contributed by atoms with Gasteiger partial charge >= 0.3 is 7.48 Å². The normalized spacial score (nSPS) is 18.1. The Balaban J connectivity index is 4.08. The smallest absolute Gasteiger partial charge is 0.352 e. The van der Waals surface area contributed by atoms with Crippen LogP contribution in [0.1, 0.15) is 0 Å². The third kappa shape index (κ3) is 2.88. The molecule has 0 spiro atoms. The van der Waals surface area contributed by atoms with Gasteiger partial charge in [0.1, 0.15) is 18.3 Å². The van der Waals surface area contributed by atoms with Crippen LogP contribution in [0.2, 0.25) is 0 Å². The summed E-state index contributed by atoms with van der Waals surface area (Å²) in [6, 6.07) is 0. The number of aliphatic hydroxyl groups is 4. The van der Waals surface area contributed by atoms with E-state index in [0.717, 1.165) is 0 Å². The zero-order valence-corrected chi connectivity index (χ0v) is 6.29. The molecule has 0 aliphatic rings. The molecule has 12 heavy (non-hydrogen) atoms. The third-order valence-corrected chi connectivity index (χ3v) is 1.39. The van der Waals surface area contributed by atoms with Crippen LogP contribution in [0.4, 0.5) is 0 Å². The van der Waals surface area contributed by atoms with E-state index in [-0.39, 0.29) is 0 Å². The van der Waals surface area contributed by atoms with Gasteiger partial charge in [-0.25, -0.2) is 0 Å². The van der Waals surface area contributed by atoms with Crippen molar-refractivity contribution in [3.8, 4) is 0 Å². The highest BCUT2D eigenvalue weighted by Gasteiger charge is 2.29. The lowest BCUT2D eigenvalue weighted by atomic mass is 9.86. The molecule has 0 bridgehead atoms. The second-order valence-electron chi connectivity index (χ2n) is 2.31. The van der Waals surface area contributed by atoms with Crippen molar-refractivity contribution in [3.63, 3.8) is 0 Å². The molecular weight excluding hydrogens is 167 g/mol. The summed E-state index contributed by atoms with van der Waals surface area (Å²) in [4.78, 5) is 10.5. The second kappa shape index (κ2) is 5.23. The minimum atomic E-state index is -1.86. The van der Waals surface area contributed by atoms with E-state index in [2.05, 4.69) is 0 Å². The molecular formula is C5H11BO6. The van der Waals surface area contributed by atoms with E-state index in [1.54, 1.807) is 0 Å². The molecule has 0 aliphatic carbocycles. The molecule has 0 saturated heterocycles. The summed E-state index contributed by atoms with van der Waals surface area (Å²) >= 11 is 0. The molecule has 0 radical (unpaired) electrons. The molecule has 0 aromatic heterocycles. The first-order valence-electron chi connectivity index (χ1n) is 3.33. The Labute approximate surface area is 69.4 Å². The van der Waals surface area contributed by atoms with Crippen LogP contribution >= 0.6 is 0 Å². The molecule has 5 N–H and O–H groups in total. The van der Waals surface area contributed by atoms with Crippen molar-refractivity contribution < 1.29 is 30.2 Å². The molecule has 6 nitrogen and oxygen atoms in total. The fraction of sp³-hybridized carbons (Fsp3) is 0.800. The van der Waals surface area contributed by atoms with Crippen LogP contribution in [0.3, 0.4) is 0 Å². The average molecular weight is 178 g/mol. The molecule has 0 amide bonds. The first-order chi connectivity index (χ1) is 5.54. The summed E-state index contributed by atoms with van der Waals surface area (Å²) in [5.74, 6) is 0. The predicted molar refractivity (Wildman–Crippen MR) is 39.5 cm³/mol. The largest absolute Gasteiger partial charge is 0.447 e. The predicted octanol–water partition coefficient (Wildman–Crippen LogP) is -4.07. The van der Waals surface area contributed by atoms with E-state index in [4.69, 9.17) is 25.5 Å². The Morgan fingerprint density at radius 2 is 1.83 bits per heavy atom. The van der Waals surface area contributed by atoms with Gasteiger partial charge in [-0.2, -0.15) is 0 Å². The molecule has 0 aliphatic heterocycles. The van der Waals surface area contributed by atoms with Crippen molar-refractivity contribution in [3.05, 3.63) is 0 Å². The van der Waals surface area contributed by atoms with Gasteiger partial charge in [-0.05, 0) is 0 Å². The number of hydrogen-bond acceptors (Lipinski definition) is 6. The molecule has 7 heteroatoms. The van der Waals surface area contributed by atoms with E-state index in [9.17, 15) is 4.79 Å². The zero-order chi connectivity index (χ0) is 9.72. The molecule has 70 valence electrons. The number of hydrogen-bond donors (Lipinski definition) is 5. The number of carbonyl (C=O) groups is 1. The van der Waals surface area contributed by atoms with Gasteiger partial charge < -0.3 is 30.2 Å². The first-order valence-corrected chi connectivity index (χ1v) is 3.33. The summed E-state index contributed by atoms with van der Waals surface area (Å²) in [6.45, 7) is -0.767. The van der Waals surface area contributed by atoms with Crippen LogP contribution in [0.25, 0.3) is 0 Å². The molecule has 3 atom stereocenters. The molecule has 0 heterocycles. The Hall–Kier alpha value is -0.465. The number of aliphatic hydroxyl groups excluding tert-OH is 4. The van der Waals surface area contributed by atoms with Crippen molar-refractivity contribution >= 4 is 13.2 Å². The molecule has 0 aromatic carbocycles. The van der Waals surface area contributed by atoms with E-state index in [1.165, 1.54) is 0 Å². The maximum atomic E-state index is 10.5. The molecule has 0 aromatic rings. The molecule has 0 fully saturated rings. The summed E-state index contributed by atoms with van der Waals surface area (Å²) in [6.07, 6.45) is -5.22. The molecule has 0 saturated carbocycles. The highest BCUT2D eigenvalue weighted by molar-refractivity contribution is 6.69. The standard InChI is InChI=1S/C5H11BO6/c7-1-2(8)3(9)4(10)5(11)6-12/h2-4,6-10,12H,1H2/t2-,3-,4+/m1/s1. The van der Waals surface area contributed by atoms with Crippen LogP contribution in [-0.4, -0.2) is 63.5 Å². The maximum Gasteiger partial charge on any atom is 0.352 e. The van der Waals surface area contributed by atoms with E-state index in [1.807, 2.05) is 0 Å². The molecule has 0 rings (SSSR count). The van der Waals surface area contributed by atoms with Crippen LogP contribution in [0.15, 0.2) is 0 Å². The van der Waals surface area contributed by atoms with Gasteiger partial charge in [0.2, 0.25) is 0 Å². The van der Waals surface area contributed by atoms with Crippen molar-refractivity contribution in [1.82, 2.24) is 0 Å². The fourth-order valence-corrected chi connectivity index (χ4v) is 0.602. The minimum absolute atomic E-state index is 0.767. The highest BCUT2D eigenvalue weighted by atomic mass is 16.4. The van der Waals surface area contributed by atoms with Crippen molar-refractivity contribution in [2.75, 3.05) is 6.61 Å². The fourth-order valence-electron chi connectivity index (χ4n) is 0.602. The zero-order valence-electron chi connectivity index (χ0n) is 6.29. The van der Waals surface area contributed by atoms with E-state index >= 15 is 0 Å². The van der Waals surface area contributed by atoms with E-state index < -0.39 is 38.1 Å². The van der Waals surface area contributed by atoms with Crippen LogP contribution in [0.5, 0.6) is 0 Å². The van der Waals surface area contributed by atoms with Gasteiger partial charge in [0.15, 0.2) is 5.68 Å². The number of carbonyl (C=O) groups excluding carboxylic acids is 1. The van der Waals surface area contributed by atoms with Crippen molar-refractivity contribution in [1.29, 1.82) is 0 Å². The van der Waals surface area contributed by atoms with Crippen LogP contribution in [-0.2, 0) is 4.79 Å². The van der Waals surface area contributed by atoms with Gasteiger partial charge in [0.25, 0.3) is 0 Å². The molecule has 0 unspecified atom stereocenters. The number of rotatable bonds is 5. The van der Waals surface area contributed by atoms with Crippen LogP contribution in [0, 0.1) is 0 Å². The Bertz CT molecular complexity index is 151. The summed E-state index contributed by atoms with van der Waals surface area (Å²) in [7, 11) is -0.920. The SMILES string of the molecule is O=C(BO)[C@@H](O)[C@H](O)[C@H](O)CO. The lowest BCUT2D eigenvalue weighted by Gasteiger charge is -2.19. The lowest BCUT2D eigenvalue weighted by molar-refractivity contribution is -0.133. The van der Waals surface area contributed by atoms with Gasteiger partial charge in [-0.1, -0.05) is 0 Å². The summed E-state index contributed by atoms with van der Waals surface area (Å²) < 4.78 is 0.